The molecule has 13 rings (SSSR count). The van der Waals surface area contributed by atoms with Gasteiger partial charge in [0.2, 0.25) is 6.33 Å². The first-order valence-corrected chi connectivity index (χ1v) is 20.6. The van der Waals surface area contributed by atoms with Crippen molar-refractivity contribution in [3.63, 3.8) is 0 Å². The number of hydrogen-bond donors (Lipinski definition) is 0. The van der Waals surface area contributed by atoms with Crippen molar-refractivity contribution in [1.82, 2.24) is 14.1 Å². The minimum absolute atomic E-state index is 0. The molecule has 5 nitrogen and oxygen atoms in total. The summed E-state index contributed by atoms with van der Waals surface area (Å²) >= 11 is 0. The molecule has 6 heteroatoms. The van der Waals surface area contributed by atoms with Crippen LogP contribution in [0.15, 0.2) is 188 Å². The summed E-state index contributed by atoms with van der Waals surface area (Å²) in [6, 6.07) is 72.4. The van der Waals surface area contributed by atoms with E-state index in [2.05, 4.69) is 197 Å². The summed E-state index contributed by atoms with van der Waals surface area (Å²) < 4.78 is 13.2. The van der Waals surface area contributed by atoms with Crippen LogP contribution in [0.5, 0.6) is 11.5 Å². The molecule has 0 radical (unpaired) electrons. The third-order valence-electron chi connectivity index (χ3n) is 12.8. The molecule has 11 aromatic rings. The Morgan fingerprint density at radius 3 is 1.92 bits per heavy atom. The molecule has 1 aliphatic heterocycles. The number of hydrogen-bond acceptors (Lipinski definition) is 2. The molecule has 4 heterocycles. The zero-order valence-electron chi connectivity index (χ0n) is 33.4. The Hall–Kier alpha value is -7.36. The van der Waals surface area contributed by atoms with Gasteiger partial charge in [0, 0.05) is 49.1 Å². The van der Waals surface area contributed by atoms with E-state index in [1.165, 1.54) is 50.1 Å². The van der Waals surface area contributed by atoms with E-state index in [-0.39, 0.29) is 20.4 Å². The minimum atomic E-state index is -0.673. The predicted octanol–water partition coefficient (Wildman–Crippen LogP) is 12.1. The molecule has 0 amide bonds. The fraction of sp³-hybridized carbons (Fsp3) is 0.0357. The Kier molecular flexibility index (Phi) is 8.14. The molecule has 0 fully saturated rings. The van der Waals surface area contributed by atoms with Gasteiger partial charge in [-0.3, -0.25) is 0 Å². The van der Waals surface area contributed by atoms with Gasteiger partial charge in [0.1, 0.15) is 5.82 Å². The topological polar surface area (TPSA) is 35.9 Å². The molecule has 0 unspecified atom stereocenters. The van der Waals surface area contributed by atoms with Gasteiger partial charge in [-0.2, -0.15) is 12.1 Å². The fourth-order valence-electron chi connectivity index (χ4n) is 10.2. The van der Waals surface area contributed by atoms with Gasteiger partial charge in [0.25, 0.3) is 0 Å². The largest absolute Gasteiger partial charge is 0.510 e. The van der Waals surface area contributed by atoms with Crippen molar-refractivity contribution in [3.8, 4) is 56.4 Å². The monoisotopic (exact) mass is 884 g/mol. The second kappa shape index (κ2) is 13.8. The third-order valence-corrected chi connectivity index (χ3v) is 12.8. The Morgan fingerprint density at radius 1 is 0.548 bits per heavy atom. The molecule has 8 aromatic carbocycles. The SMILES string of the molecule is C[n+]1[c-]n2c3c(cccc31)C1(c3ccc(Oc4[c-]c5c(cc4)c4ccccc4n5-c4ccccn4)[c-]c3-2)c2cc(-c3ccccc3)ccc2-c2ccc(-c3ccccc3)cc21.[Pd]. The maximum absolute atomic E-state index is 6.80. The van der Waals surface area contributed by atoms with E-state index in [1.807, 2.05) is 30.5 Å². The molecule has 0 bridgehead atoms. The molecule has 2 aliphatic rings. The second-order valence-corrected chi connectivity index (χ2v) is 16.0. The zero-order chi connectivity index (χ0) is 40.2. The summed E-state index contributed by atoms with van der Waals surface area (Å²) in [4.78, 5) is 4.72. The van der Waals surface area contributed by atoms with E-state index in [0.29, 0.717) is 11.5 Å². The van der Waals surface area contributed by atoms with Crippen LogP contribution in [0.2, 0.25) is 0 Å². The number of aryl methyl sites for hydroxylation is 1. The average molecular weight is 885 g/mol. The van der Waals surface area contributed by atoms with Crippen molar-refractivity contribution in [2.75, 3.05) is 0 Å². The number of aromatic nitrogens is 4. The van der Waals surface area contributed by atoms with Crippen LogP contribution in [-0.2, 0) is 32.9 Å². The first-order chi connectivity index (χ1) is 30.1. The minimum Gasteiger partial charge on any atom is -0.510 e. The van der Waals surface area contributed by atoms with Gasteiger partial charge in [-0.1, -0.05) is 151 Å². The van der Waals surface area contributed by atoms with E-state index in [4.69, 9.17) is 9.72 Å². The number of rotatable bonds is 5. The van der Waals surface area contributed by atoms with Gasteiger partial charge in [-0.25, -0.2) is 4.98 Å². The molecule has 1 spiro atoms. The average Bonchev–Trinajstić information content (AvgIpc) is 3.94. The van der Waals surface area contributed by atoms with Crippen LogP contribution in [0.25, 0.3) is 77.7 Å². The van der Waals surface area contributed by atoms with Crippen molar-refractivity contribution >= 4 is 32.8 Å². The van der Waals surface area contributed by atoms with Crippen molar-refractivity contribution in [2.45, 2.75) is 5.41 Å². The number of benzene rings is 8. The van der Waals surface area contributed by atoms with Crippen LogP contribution in [0, 0.1) is 18.5 Å². The van der Waals surface area contributed by atoms with Crippen LogP contribution >= 0.6 is 0 Å². The number of nitrogens with zero attached hydrogens (tertiary/aromatic N) is 4. The van der Waals surface area contributed by atoms with Crippen LogP contribution < -0.4 is 9.30 Å². The smallest absolute Gasteiger partial charge is 0.242 e. The van der Waals surface area contributed by atoms with Crippen molar-refractivity contribution in [2.24, 2.45) is 7.05 Å². The molecule has 62 heavy (non-hydrogen) atoms. The van der Waals surface area contributed by atoms with Crippen molar-refractivity contribution in [3.05, 3.63) is 229 Å². The molecule has 296 valence electrons. The Morgan fingerprint density at radius 2 is 1.21 bits per heavy atom. The number of pyridine rings is 1. The quantitative estimate of drug-likeness (QED) is 0.0981. The van der Waals surface area contributed by atoms with E-state index < -0.39 is 5.41 Å². The number of ether oxygens (including phenoxy) is 1. The van der Waals surface area contributed by atoms with Crippen LogP contribution in [0.4, 0.5) is 0 Å². The molecule has 0 saturated heterocycles. The summed E-state index contributed by atoms with van der Waals surface area (Å²) in [5, 5.41) is 2.22. The molecule has 0 saturated carbocycles. The van der Waals surface area contributed by atoms with Crippen LogP contribution in [0.3, 0.4) is 0 Å². The third kappa shape index (κ3) is 5.12. The Bertz CT molecular complexity index is 3490. The number of fused-ring (bicyclic) bond motifs is 12. The van der Waals surface area contributed by atoms with E-state index in [9.17, 15) is 0 Å². The van der Waals surface area contributed by atoms with Crippen LogP contribution in [0.1, 0.15) is 22.3 Å². The fourth-order valence-corrected chi connectivity index (χ4v) is 10.2. The molecule has 0 atom stereocenters. The van der Waals surface area contributed by atoms with Crippen molar-refractivity contribution < 1.29 is 29.7 Å². The summed E-state index contributed by atoms with van der Waals surface area (Å²) in [6.45, 7) is 0. The van der Waals surface area contributed by atoms with Gasteiger partial charge in [0.15, 0.2) is 0 Å². The van der Waals surface area contributed by atoms with Gasteiger partial charge >= 0.3 is 0 Å². The summed E-state index contributed by atoms with van der Waals surface area (Å²) in [7, 11) is 2.07. The zero-order valence-corrected chi connectivity index (χ0v) is 35.0. The maximum atomic E-state index is 6.80. The van der Waals surface area contributed by atoms with Crippen LogP contribution in [-0.4, -0.2) is 14.1 Å². The van der Waals surface area contributed by atoms with Gasteiger partial charge < -0.3 is 18.4 Å². The number of para-hydroxylation sites is 2. The molecule has 1 aliphatic carbocycles. The predicted molar refractivity (Wildman–Crippen MR) is 241 cm³/mol. The van der Waals surface area contributed by atoms with Crippen molar-refractivity contribution in [1.29, 1.82) is 0 Å². The summed E-state index contributed by atoms with van der Waals surface area (Å²) in [5.41, 5.74) is 16.4. The molecular weight excluding hydrogens is 851 g/mol. The van der Waals surface area contributed by atoms with E-state index in [0.717, 1.165) is 49.9 Å². The second-order valence-electron chi connectivity index (χ2n) is 16.0. The molecular formula is C56H34N4OPd-2. The Balaban J connectivity index is 0.00000410. The van der Waals surface area contributed by atoms with Gasteiger partial charge in [0.05, 0.1) is 18.1 Å². The maximum Gasteiger partial charge on any atom is 0.242 e. The summed E-state index contributed by atoms with van der Waals surface area (Å²) in [6.07, 6.45) is 5.49. The summed E-state index contributed by atoms with van der Waals surface area (Å²) in [5.74, 6) is 2.02. The standard InChI is InChI=1S/C56H34N4O.Pd/c1-58-35-59-53-34-41(61-40-24-28-45-44-17-8-9-19-50(44)60(52(45)33-40)54-21-10-11-30-57-54)25-29-46(53)56(47-18-12-20-51(58)55(47)59)48-31-38(36-13-4-2-5-14-36)22-26-42(48)43-27-23-39(32-49(43)56)37-15-6-3-7-16-37;/h2-32H,1H3;/q-2;. The number of imidazole rings is 1. The van der Waals surface area contributed by atoms with E-state index >= 15 is 0 Å². The van der Waals surface area contributed by atoms with Gasteiger partial charge in [-0.15, -0.1) is 35.2 Å². The first kappa shape index (κ1) is 36.5. The normalized spacial score (nSPS) is 12.9. The molecule has 3 aromatic heterocycles. The Labute approximate surface area is 372 Å². The van der Waals surface area contributed by atoms with Gasteiger partial charge in [-0.05, 0) is 73.7 Å². The first-order valence-electron chi connectivity index (χ1n) is 20.6. The van der Waals surface area contributed by atoms with E-state index in [1.54, 1.807) is 0 Å². The molecule has 0 N–H and O–H groups in total.